The first-order chi connectivity index (χ1) is 10.2. The summed E-state index contributed by atoms with van der Waals surface area (Å²) in [4.78, 5) is 33.1. The molecule has 0 spiro atoms. The molecule has 0 saturated heterocycles. The van der Waals surface area contributed by atoms with Gasteiger partial charge in [-0.3, -0.25) is 14.9 Å². The molecule has 0 aromatic heterocycles. The first-order valence-corrected chi connectivity index (χ1v) is 6.62. The van der Waals surface area contributed by atoms with Crippen LogP contribution in [0.2, 0.25) is 0 Å². The van der Waals surface area contributed by atoms with Crippen molar-refractivity contribution in [2.24, 2.45) is 0 Å². The van der Waals surface area contributed by atoms with E-state index in [1.807, 2.05) is 0 Å². The lowest BCUT2D eigenvalue weighted by Gasteiger charge is -2.23. The molecule has 0 heterocycles. The van der Waals surface area contributed by atoms with Gasteiger partial charge in [0.2, 0.25) is 5.91 Å². The standard InChI is InChI=1S/C14H18N2O6/c1-8(2)22-14(19)13(18)12(15-9(3)17)10-4-6-11(7-5-10)16(20)21/h4-8,12-13,18H,1-3H3,(H,15,17)/t12-,13+/m0/s1. The Morgan fingerprint density at radius 2 is 1.82 bits per heavy atom. The maximum absolute atomic E-state index is 11.8. The minimum Gasteiger partial charge on any atom is -0.461 e. The van der Waals surface area contributed by atoms with Crippen molar-refractivity contribution < 1.29 is 24.4 Å². The molecule has 1 amide bonds. The molecule has 0 fully saturated rings. The Morgan fingerprint density at radius 3 is 2.23 bits per heavy atom. The maximum Gasteiger partial charge on any atom is 0.337 e. The number of aliphatic hydroxyl groups is 1. The van der Waals surface area contributed by atoms with Crippen LogP contribution in [-0.2, 0) is 14.3 Å². The Labute approximate surface area is 127 Å². The zero-order valence-electron chi connectivity index (χ0n) is 12.5. The van der Waals surface area contributed by atoms with Gasteiger partial charge in [0.15, 0.2) is 6.10 Å². The number of hydrogen-bond acceptors (Lipinski definition) is 6. The second-order valence-corrected chi connectivity index (χ2v) is 4.96. The van der Waals surface area contributed by atoms with Crippen LogP contribution < -0.4 is 5.32 Å². The van der Waals surface area contributed by atoms with Crippen LogP contribution in [0.4, 0.5) is 5.69 Å². The van der Waals surface area contributed by atoms with Crippen molar-refractivity contribution in [1.82, 2.24) is 5.32 Å². The Morgan fingerprint density at radius 1 is 1.27 bits per heavy atom. The molecule has 8 nitrogen and oxygen atoms in total. The van der Waals surface area contributed by atoms with Gasteiger partial charge < -0.3 is 15.2 Å². The quantitative estimate of drug-likeness (QED) is 0.461. The van der Waals surface area contributed by atoms with Crippen LogP contribution in [0, 0.1) is 10.1 Å². The monoisotopic (exact) mass is 310 g/mol. The molecule has 0 aliphatic heterocycles. The van der Waals surface area contributed by atoms with Gasteiger partial charge in [-0.1, -0.05) is 12.1 Å². The molecule has 8 heteroatoms. The molecule has 0 saturated carbocycles. The number of esters is 1. The summed E-state index contributed by atoms with van der Waals surface area (Å²) >= 11 is 0. The Kier molecular flexibility index (Phi) is 6.00. The average molecular weight is 310 g/mol. The smallest absolute Gasteiger partial charge is 0.337 e. The van der Waals surface area contributed by atoms with Gasteiger partial charge in [0.05, 0.1) is 17.1 Å². The first-order valence-electron chi connectivity index (χ1n) is 6.62. The van der Waals surface area contributed by atoms with Crippen LogP contribution in [0.3, 0.4) is 0 Å². The summed E-state index contributed by atoms with van der Waals surface area (Å²) in [6.45, 7) is 4.49. The van der Waals surface area contributed by atoms with E-state index >= 15 is 0 Å². The van der Waals surface area contributed by atoms with Crippen molar-refractivity contribution in [2.45, 2.75) is 39.0 Å². The summed E-state index contributed by atoms with van der Waals surface area (Å²) in [6.07, 6.45) is -2.04. The van der Waals surface area contributed by atoms with Crippen LogP contribution in [0.1, 0.15) is 32.4 Å². The summed E-state index contributed by atoms with van der Waals surface area (Å²) in [7, 11) is 0. The van der Waals surface area contributed by atoms with Crippen LogP contribution in [-0.4, -0.2) is 34.1 Å². The van der Waals surface area contributed by atoms with E-state index in [-0.39, 0.29) is 5.69 Å². The van der Waals surface area contributed by atoms with Gasteiger partial charge in [-0.25, -0.2) is 4.79 Å². The van der Waals surface area contributed by atoms with E-state index in [9.17, 15) is 24.8 Å². The molecule has 2 atom stereocenters. The van der Waals surface area contributed by atoms with Crippen LogP contribution in [0.25, 0.3) is 0 Å². The van der Waals surface area contributed by atoms with E-state index in [4.69, 9.17) is 4.74 Å². The topological polar surface area (TPSA) is 119 Å². The van der Waals surface area contributed by atoms with Gasteiger partial charge >= 0.3 is 5.97 Å². The molecule has 1 rings (SSSR count). The molecule has 0 aliphatic rings. The summed E-state index contributed by atoms with van der Waals surface area (Å²) in [5, 5.41) is 23.2. The lowest BCUT2D eigenvalue weighted by Crippen LogP contribution is -2.41. The second kappa shape index (κ2) is 7.51. The fraction of sp³-hybridized carbons (Fsp3) is 0.429. The van der Waals surface area contributed by atoms with Crippen molar-refractivity contribution in [2.75, 3.05) is 0 Å². The molecule has 0 unspecified atom stereocenters. The number of nitrogens with one attached hydrogen (secondary N) is 1. The lowest BCUT2D eigenvalue weighted by molar-refractivity contribution is -0.384. The largest absolute Gasteiger partial charge is 0.461 e. The molecule has 120 valence electrons. The fourth-order valence-electron chi connectivity index (χ4n) is 1.81. The van der Waals surface area contributed by atoms with Crippen LogP contribution in [0.5, 0.6) is 0 Å². The predicted molar refractivity (Wildman–Crippen MR) is 76.9 cm³/mol. The number of hydrogen-bond donors (Lipinski definition) is 2. The third-order valence-electron chi connectivity index (χ3n) is 2.73. The molecule has 0 aliphatic carbocycles. The fourth-order valence-corrected chi connectivity index (χ4v) is 1.81. The number of nitro benzene ring substituents is 1. The summed E-state index contributed by atoms with van der Waals surface area (Å²) in [5.74, 6) is -1.34. The molecule has 22 heavy (non-hydrogen) atoms. The number of non-ortho nitro benzene ring substituents is 1. The number of benzene rings is 1. The SMILES string of the molecule is CC(=O)N[C@@H](c1ccc([N+](=O)[O-])cc1)[C@@H](O)C(=O)OC(C)C. The Hall–Kier alpha value is -2.48. The normalized spacial score (nSPS) is 13.3. The Balaban J connectivity index is 3.03. The van der Waals surface area contributed by atoms with Crippen molar-refractivity contribution in [1.29, 1.82) is 0 Å². The lowest BCUT2D eigenvalue weighted by atomic mass is 10.0. The number of ether oxygens (including phenoxy) is 1. The number of aliphatic hydroxyl groups excluding tert-OH is 1. The zero-order valence-corrected chi connectivity index (χ0v) is 12.5. The minimum absolute atomic E-state index is 0.135. The summed E-state index contributed by atoms with van der Waals surface area (Å²) < 4.78 is 4.91. The maximum atomic E-state index is 11.8. The van der Waals surface area contributed by atoms with Crippen molar-refractivity contribution in [3.05, 3.63) is 39.9 Å². The van der Waals surface area contributed by atoms with Crippen LogP contribution in [0.15, 0.2) is 24.3 Å². The van der Waals surface area contributed by atoms with Crippen LogP contribution >= 0.6 is 0 Å². The first kappa shape index (κ1) is 17.6. The summed E-state index contributed by atoms with van der Waals surface area (Å²) in [5.41, 5.74) is 0.221. The summed E-state index contributed by atoms with van der Waals surface area (Å²) in [6, 6.07) is 4.13. The Bertz CT molecular complexity index is 555. The number of nitrogens with zero attached hydrogens (tertiary/aromatic N) is 1. The van der Waals surface area contributed by atoms with E-state index in [1.165, 1.54) is 31.2 Å². The van der Waals surface area contributed by atoms with Gasteiger partial charge in [-0.2, -0.15) is 0 Å². The second-order valence-electron chi connectivity index (χ2n) is 4.96. The predicted octanol–water partition coefficient (Wildman–Crippen LogP) is 1.08. The van der Waals surface area contributed by atoms with E-state index in [0.29, 0.717) is 5.56 Å². The van der Waals surface area contributed by atoms with E-state index < -0.39 is 35.0 Å². The average Bonchev–Trinajstić information content (AvgIpc) is 2.43. The van der Waals surface area contributed by atoms with Gasteiger partial charge in [0, 0.05) is 19.1 Å². The third kappa shape index (κ3) is 4.81. The van der Waals surface area contributed by atoms with Gasteiger partial charge in [-0.05, 0) is 19.4 Å². The molecule has 2 N–H and O–H groups in total. The van der Waals surface area contributed by atoms with Crippen molar-refractivity contribution in [3.8, 4) is 0 Å². The van der Waals surface area contributed by atoms with Gasteiger partial charge in [0.1, 0.15) is 0 Å². The van der Waals surface area contributed by atoms with E-state index in [2.05, 4.69) is 5.32 Å². The van der Waals surface area contributed by atoms with E-state index in [1.54, 1.807) is 13.8 Å². The van der Waals surface area contributed by atoms with Gasteiger partial charge in [-0.15, -0.1) is 0 Å². The zero-order chi connectivity index (χ0) is 16.9. The number of amides is 1. The number of carbonyl (C=O) groups excluding carboxylic acids is 2. The highest BCUT2D eigenvalue weighted by molar-refractivity contribution is 5.79. The molecule has 1 aromatic rings. The number of rotatable bonds is 6. The van der Waals surface area contributed by atoms with Crippen molar-refractivity contribution in [3.63, 3.8) is 0 Å². The highest BCUT2D eigenvalue weighted by Crippen LogP contribution is 2.21. The van der Waals surface area contributed by atoms with Gasteiger partial charge in [0.25, 0.3) is 5.69 Å². The molecule has 1 aromatic carbocycles. The highest BCUT2D eigenvalue weighted by atomic mass is 16.6. The molecular weight excluding hydrogens is 292 g/mol. The van der Waals surface area contributed by atoms with Crippen molar-refractivity contribution >= 4 is 17.6 Å². The minimum atomic E-state index is -1.62. The molecule has 0 radical (unpaired) electrons. The number of carbonyl (C=O) groups is 2. The number of nitro groups is 1. The highest BCUT2D eigenvalue weighted by Gasteiger charge is 2.30. The third-order valence-corrected chi connectivity index (χ3v) is 2.73. The molecule has 0 bridgehead atoms. The molecular formula is C14H18N2O6. The van der Waals surface area contributed by atoms with E-state index in [0.717, 1.165) is 0 Å².